The Hall–Kier alpha value is -2.63. The molecule has 0 N–H and O–H groups in total. The van der Waals surface area contributed by atoms with E-state index < -0.39 is 0 Å². The normalized spacial score (nSPS) is 14.6. The van der Waals surface area contributed by atoms with Gasteiger partial charge in [-0.1, -0.05) is 19.1 Å². The molecule has 0 aliphatic heterocycles. The Morgan fingerprint density at radius 2 is 1.96 bits per heavy atom. The van der Waals surface area contributed by atoms with Crippen molar-refractivity contribution < 1.29 is 9.53 Å². The summed E-state index contributed by atoms with van der Waals surface area (Å²) in [5, 5.41) is 4.31. The van der Waals surface area contributed by atoms with E-state index >= 15 is 0 Å². The summed E-state index contributed by atoms with van der Waals surface area (Å²) < 4.78 is 6.59. The van der Waals surface area contributed by atoms with Gasteiger partial charge in [0.2, 0.25) is 0 Å². The Labute approximate surface area is 159 Å². The SMILES string of the molecule is CCCn1nc(C(=O)N(Cc2ccc(OC)cc2)C(C)C2CC2)ccc1=O. The van der Waals surface area contributed by atoms with Gasteiger partial charge in [-0.05, 0) is 55.9 Å². The molecule has 3 rings (SSSR count). The minimum Gasteiger partial charge on any atom is -0.497 e. The number of aromatic nitrogens is 2. The average Bonchev–Trinajstić information content (AvgIpc) is 3.53. The van der Waals surface area contributed by atoms with Crippen molar-refractivity contribution in [3.8, 4) is 5.75 Å². The molecule has 27 heavy (non-hydrogen) atoms. The van der Waals surface area contributed by atoms with Gasteiger partial charge >= 0.3 is 0 Å². The first kappa shape index (κ1) is 19.1. The second-order valence-corrected chi connectivity index (χ2v) is 7.14. The third-order valence-electron chi connectivity index (χ3n) is 5.09. The number of ether oxygens (including phenoxy) is 1. The van der Waals surface area contributed by atoms with Crippen LogP contribution in [-0.2, 0) is 13.1 Å². The molecule has 1 atom stereocenters. The highest BCUT2D eigenvalue weighted by Crippen LogP contribution is 2.36. The molecule has 1 unspecified atom stereocenters. The number of nitrogens with zero attached hydrogens (tertiary/aromatic N) is 3. The van der Waals surface area contributed by atoms with Gasteiger partial charge in [0.15, 0.2) is 0 Å². The first-order valence-corrected chi connectivity index (χ1v) is 9.55. The van der Waals surface area contributed by atoms with Crippen molar-refractivity contribution in [2.45, 2.75) is 52.2 Å². The third-order valence-corrected chi connectivity index (χ3v) is 5.09. The van der Waals surface area contributed by atoms with Crippen molar-refractivity contribution in [1.82, 2.24) is 14.7 Å². The van der Waals surface area contributed by atoms with Crippen LogP contribution in [0.3, 0.4) is 0 Å². The maximum absolute atomic E-state index is 13.2. The fourth-order valence-electron chi connectivity index (χ4n) is 3.24. The summed E-state index contributed by atoms with van der Waals surface area (Å²) in [7, 11) is 1.64. The molecule has 1 aromatic carbocycles. The minimum absolute atomic E-state index is 0.130. The second kappa shape index (κ2) is 8.37. The van der Waals surface area contributed by atoms with Crippen LogP contribution in [0.15, 0.2) is 41.2 Å². The number of methoxy groups -OCH3 is 1. The molecule has 0 bridgehead atoms. The lowest BCUT2D eigenvalue weighted by atomic mass is 10.1. The average molecular weight is 369 g/mol. The van der Waals surface area contributed by atoms with Crippen molar-refractivity contribution in [3.05, 3.63) is 58.0 Å². The van der Waals surface area contributed by atoms with Gasteiger partial charge in [0.1, 0.15) is 11.4 Å². The van der Waals surface area contributed by atoms with Gasteiger partial charge in [-0.2, -0.15) is 5.10 Å². The molecular formula is C21H27N3O3. The zero-order chi connectivity index (χ0) is 19.4. The van der Waals surface area contributed by atoms with Crippen molar-refractivity contribution in [2.75, 3.05) is 7.11 Å². The molecule has 0 saturated heterocycles. The number of rotatable bonds is 8. The van der Waals surface area contributed by atoms with Crippen LogP contribution >= 0.6 is 0 Å². The topological polar surface area (TPSA) is 64.4 Å². The first-order valence-electron chi connectivity index (χ1n) is 9.55. The molecule has 1 amide bonds. The highest BCUT2D eigenvalue weighted by molar-refractivity contribution is 5.92. The molecule has 6 heteroatoms. The number of carbonyl (C=O) groups excluding carboxylic acids is 1. The van der Waals surface area contributed by atoms with Crippen LogP contribution in [0, 0.1) is 5.92 Å². The van der Waals surface area contributed by atoms with Gasteiger partial charge in [0, 0.05) is 25.2 Å². The van der Waals surface area contributed by atoms with Crippen LogP contribution in [-0.4, -0.2) is 33.7 Å². The number of aryl methyl sites for hydroxylation is 1. The van der Waals surface area contributed by atoms with E-state index in [4.69, 9.17) is 4.74 Å². The maximum Gasteiger partial charge on any atom is 0.274 e. The quantitative estimate of drug-likeness (QED) is 0.717. The summed E-state index contributed by atoms with van der Waals surface area (Å²) in [4.78, 5) is 27.0. The highest BCUT2D eigenvalue weighted by Gasteiger charge is 2.35. The molecule has 1 aliphatic rings. The summed E-state index contributed by atoms with van der Waals surface area (Å²) in [6, 6.07) is 10.9. The van der Waals surface area contributed by atoms with Gasteiger partial charge in [-0.15, -0.1) is 0 Å². The van der Waals surface area contributed by atoms with Crippen LogP contribution in [0.1, 0.15) is 49.2 Å². The zero-order valence-corrected chi connectivity index (χ0v) is 16.2. The van der Waals surface area contributed by atoms with Gasteiger partial charge in [-0.3, -0.25) is 9.59 Å². The van der Waals surface area contributed by atoms with E-state index in [0.717, 1.165) is 30.6 Å². The minimum atomic E-state index is -0.176. The predicted molar refractivity (Wildman–Crippen MR) is 104 cm³/mol. The second-order valence-electron chi connectivity index (χ2n) is 7.14. The summed E-state index contributed by atoms with van der Waals surface area (Å²) in [5.41, 5.74) is 1.19. The van der Waals surface area contributed by atoms with E-state index in [9.17, 15) is 9.59 Å². The molecular weight excluding hydrogens is 342 g/mol. The molecule has 1 saturated carbocycles. The summed E-state index contributed by atoms with van der Waals surface area (Å²) in [5.74, 6) is 1.20. The number of amides is 1. The Morgan fingerprint density at radius 3 is 2.56 bits per heavy atom. The molecule has 144 valence electrons. The van der Waals surface area contributed by atoms with Crippen LogP contribution in [0.4, 0.5) is 0 Å². The monoisotopic (exact) mass is 369 g/mol. The largest absolute Gasteiger partial charge is 0.497 e. The van der Waals surface area contributed by atoms with E-state index in [1.807, 2.05) is 36.1 Å². The number of carbonyl (C=O) groups is 1. The molecule has 1 aromatic heterocycles. The first-order chi connectivity index (χ1) is 13.0. The summed E-state index contributed by atoms with van der Waals surface area (Å²) in [6.45, 7) is 5.10. The van der Waals surface area contributed by atoms with Crippen molar-refractivity contribution in [2.24, 2.45) is 5.92 Å². The highest BCUT2D eigenvalue weighted by atomic mass is 16.5. The molecule has 1 aliphatic carbocycles. The third kappa shape index (κ3) is 4.56. The number of hydrogen-bond donors (Lipinski definition) is 0. The lowest BCUT2D eigenvalue weighted by molar-refractivity contribution is 0.0645. The van der Waals surface area contributed by atoms with Gasteiger partial charge in [-0.25, -0.2) is 4.68 Å². The fourth-order valence-corrected chi connectivity index (χ4v) is 3.24. The van der Waals surface area contributed by atoms with E-state index in [2.05, 4.69) is 12.0 Å². The number of benzene rings is 1. The van der Waals surface area contributed by atoms with Crippen LogP contribution in [0.25, 0.3) is 0 Å². The Morgan fingerprint density at radius 1 is 1.26 bits per heavy atom. The summed E-state index contributed by atoms with van der Waals surface area (Å²) in [6.07, 6.45) is 3.09. The lowest BCUT2D eigenvalue weighted by Gasteiger charge is -2.29. The molecule has 0 spiro atoms. The van der Waals surface area contributed by atoms with E-state index in [-0.39, 0.29) is 17.5 Å². The van der Waals surface area contributed by atoms with Crippen molar-refractivity contribution in [3.63, 3.8) is 0 Å². The van der Waals surface area contributed by atoms with Crippen molar-refractivity contribution in [1.29, 1.82) is 0 Å². The van der Waals surface area contributed by atoms with E-state index in [0.29, 0.717) is 24.7 Å². The molecule has 2 aromatic rings. The zero-order valence-electron chi connectivity index (χ0n) is 16.2. The van der Waals surface area contributed by atoms with E-state index in [1.165, 1.54) is 16.8 Å². The van der Waals surface area contributed by atoms with Crippen LogP contribution in [0.5, 0.6) is 5.75 Å². The molecule has 1 fully saturated rings. The van der Waals surface area contributed by atoms with E-state index in [1.54, 1.807) is 7.11 Å². The Balaban J connectivity index is 1.86. The number of hydrogen-bond acceptors (Lipinski definition) is 4. The molecule has 0 radical (unpaired) electrons. The van der Waals surface area contributed by atoms with Crippen LogP contribution < -0.4 is 10.3 Å². The lowest BCUT2D eigenvalue weighted by Crippen LogP contribution is -2.40. The maximum atomic E-state index is 13.2. The van der Waals surface area contributed by atoms with Gasteiger partial charge in [0.05, 0.1) is 7.11 Å². The Kier molecular flexibility index (Phi) is 5.94. The smallest absolute Gasteiger partial charge is 0.274 e. The standard InChI is InChI=1S/C21H27N3O3/c1-4-13-24-20(25)12-11-19(22-24)21(26)23(15(2)17-7-8-17)14-16-5-9-18(27-3)10-6-16/h5-6,9-12,15,17H,4,7-8,13-14H2,1-3H3. The Bertz CT molecular complexity index is 840. The van der Waals surface area contributed by atoms with Crippen molar-refractivity contribution >= 4 is 5.91 Å². The predicted octanol–water partition coefficient (Wildman–Crippen LogP) is 3.10. The molecule has 6 nitrogen and oxygen atoms in total. The van der Waals surface area contributed by atoms with Gasteiger partial charge in [0.25, 0.3) is 11.5 Å². The molecule has 1 heterocycles. The summed E-state index contributed by atoms with van der Waals surface area (Å²) >= 11 is 0. The van der Waals surface area contributed by atoms with Crippen LogP contribution in [0.2, 0.25) is 0 Å². The fraction of sp³-hybridized carbons (Fsp3) is 0.476. The van der Waals surface area contributed by atoms with Gasteiger partial charge < -0.3 is 9.64 Å².